The Morgan fingerprint density at radius 1 is 1.19 bits per heavy atom. The minimum atomic E-state index is -0.129. The Morgan fingerprint density at radius 2 is 2.00 bits per heavy atom. The highest BCUT2D eigenvalue weighted by Gasteiger charge is 2.11. The molecular formula is C13H15N3. The van der Waals surface area contributed by atoms with Gasteiger partial charge in [0.25, 0.3) is 0 Å². The molecule has 2 rings (SSSR count). The van der Waals surface area contributed by atoms with Gasteiger partial charge in [0.05, 0.1) is 6.04 Å². The van der Waals surface area contributed by atoms with E-state index in [4.69, 9.17) is 5.73 Å². The van der Waals surface area contributed by atoms with Gasteiger partial charge < -0.3 is 5.73 Å². The van der Waals surface area contributed by atoms with Gasteiger partial charge in [-0.05, 0) is 48.7 Å². The number of nitrogens with two attached hydrogens (primary N) is 1. The highest BCUT2D eigenvalue weighted by atomic mass is 14.7. The molecule has 2 heterocycles. The molecule has 0 aromatic carbocycles. The Balaban J connectivity index is 2.39. The number of hydrogen-bond acceptors (Lipinski definition) is 3. The Hall–Kier alpha value is -1.74. The Labute approximate surface area is 95.4 Å². The molecule has 0 fully saturated rings. The van der Waals surface area contributed by atoms with Gasteiger partial charge in [-0.1, -0.05) is 0 Å². The summed E-state index contributed by atoms with van der Waals surface area (Å²) in [6.07, 6.45) is 5.40. The fourth-order valence-electron chi connectivity index (χ4n) is 1.74. The van der Waals surface area contributed by atoms with E-state index in [0.29, 0.717) is 0 Å². The van der Waals surface area contributed by atoms with Crippen LogP contribution in [0.2, 0.25) is 0 Å². The van der Waals surface area contributed by atoms with Crippen molar-refractivity contribution in [3.8, 4) is 0 Å². The van der Waals surface area contributed by atoms with E-state index in [1.165, 1.54) is 0 Å². The molecule has 0 saturated carbocycles. The lowest BCUT2D eigenvalue weighted by Gasteiger charge is -2.14. The molecule has 1 atom stereocenters. The van der Waals surface area contributed by atoms with Gasteiger partial charge in [0.2, 0.25) is 0 Å². The smallest absolute Gasteiger partial charge is 0.0570 e. The summed E-state index contributed by atoms with van der Waals surface area (Å²) in [5.41, 5.74) is 10.5. The van der Waals surface area contributed by atoms with Crippen LogP contribution in [0.3, 0.4) is 0 Å². The first-order valence-electron chi connectivity index (χ1n) is 5.27. The van der Waals surface area contributed by atoms with Crippen molar-refractivity contribution in [3.05, 3.63) is 59.2 Å². The molecule has 0 saturated heterocycles. The van der Waals surface area contributed by atoms with Gasteiger partial charge in [0, 0.05) is 24.3 Å². The van der Waals surface area contributed by atoms with Crippen molar-refractivity contribution in [2.24, 2.45) is 5.73 Å². The second kappa shape index (κ2) is 4.41. The van der Waals surface area contributed by atoms with Gasteiger partial charge >= 0.3 is 0 Å². The molecule has 3 nitrogen and oxygen atoms in total. The number of aryl methyl sites for hydroxylation is 2. The third kappa shape index (κ3) is 2.09. The lowest BCUT2D eigenvalue weighted by Crippen LogP contribution is -2.13. The molecule has 2 N–H and O–H groups in total. The van der Waals surface area contributed by atoms with E-state index in [9.17, 15) is 0 Å². The summed E-state index contributed by atoms with van der Waals surface area (Å²) in [6.45, 7) is 4.01. The van der Waals surface area contributed by atoms with Crippen molar-refractivity contribution in [2.45, 2.75) is 19.9 Å². The highest BCUT2D eigenvalue weighted by molar-refractivity contribution is 5.34. The van der Waals surface area contributed by atoms with E-state index in [0.717, 1.165) is 22.4 Å². The van der Waals surface area contributed by atoms with Crippen LogP contribution in [-0.4, -0.2) is 9.97 Å². The number of hydrogen-bond donors (Lipinski definition) is 1. The Morgan fingerprint density at radius 3 is 2.69 bits per heavy atom. The largest absolute Gasteiger partial charge is 0.320 e. The fraction of sp³-hybridized carbons (Fsp3) is 0.231. The summed E-state index contributed by atoms with van der Waals surface area (Å²) in [4.78, 5) is 8.29. The quantitative estimate of drug-likeness (QED) is 0.831. The summed E-state index contributed by atoms with van der Waals surface area (Å²) in [5.74, 6) is 0. The maximum Gasteiger partial charge on any atom is 0.0570 e. The monoisotopic (exact) mass is 213 g/mol. The molecule has 16 heavy (non-hydrogen) atoms. The van der Waals surface area contributed by atoms with Crippen LogP contribution in [0.4, 0.5) is 0 Å². The predicted octanol–water partition coefficient (Wildman–Crippen LogP) is 2.14. The number of rotatable bonds is 2. The maximum absolute atomic E-state index is 6.22. The summed E-state index contributed by atoms with van der Waals surface area (Å²) in [7, 11) is 0. The average Bonchev–Trinajstić information content (AvgIpc) is 2.29. The van der Waals surface area contributed by atoms with Crippen LogP contribution in [-0.2, 0) is 0 Å². The molecule has 1 unspecified atom stereocenters. The zero-order valence-electron chi connectivity index (χ0n) is 9.51. The average molecular weight is 213 g/mol. The summed E-state index contributed by atoms with van der Waals surface area (Å²) in [6, 6.07) is 5.81. The molecule has 0 spiro atoms. The fourth-order valence-corrected chi connectivity index (χ4v) is 1.74. The van der Waals surface area contributed by atoms with Crippen molar-refractivity contribution < 1.29 is 0 Å². The molecule has 0 aliphatic heterocycles. The maximum atomic E-state index is 6.22. The van der Waals surface area contributed by atoms with E-state index in [1.807, 2.05) is 38.2 Å². The number of aromatic nitrogens is 2. The van der Waals surface area contributed by atoms with Crippen LogP contribution >= 0.6 is 0 Å². The number of pyridine rings is 2. The molecule has 3 heteroatoms. The van der Waals surface area contributed by atoms with E-state index < -0.39 is 0 Å². The molecule has 82 valence electrons. The van der Waals surface area contributed by atoms with Crippen molar-refractivity contribution in [1.82, 2.24) is 9.97 Å². The molecule has 0 aliphatic carbocycles. The minimum absolute atomic E-state index is 0.129. The zero-order valence-corrected chi connectivity index (χ0v) is 9.51. The van der Waals surface area contributed by atoms with Gasteiger partial charge in [-0.3, -0.25) is 9.97 Å². The Bertz CT molecular complexity index is 494. The van der Waals surface area contributed by atoms with E-state index >= 15 is 0 Å². The first-order valence-corrected chi connectivity index (χ1v) is 5.27. The van der Waals surface area contributed by atoms with Crippen LogP contribution in [0.5, 0.6) is 0 Å². The lowest BCUT2D eigenvalue weighted by molar-refractivity contribution is 0.846. The van der Waals surface area contributed by atoms with Gasteiger partial charge in [0.1, 0.15) is 0 Å². The van der Waals surface area contributed by atoms with Gasteiger partial charge in [-0.2, -0.15) is 0 Å². The van der Waals surface area contributed by atoms with Crippen molar-refractivity contribution in [1.29, 1.82) is 0 Å². The van der Waals surface area contributed by atoms with Crippen LogP contribution in [0, 0.1) is 13.8 Å². The SMILES string of the molecule is Cc1cc(C(N)c2cnccc2C)ccn1. The molecule has 2 aromatic heterocycles. The third-order valence-corrected chi connectivity index (χ3v) is 2.69. The second-order valence-corrected chi connectivity index (χ2v) is 3.94. The Kier molecular flexibility index (Phi) is 2.97. The standard InChI is InChI=1S/C13H15N3/c1-9-3-5-15-8-12(9)13(14)11-4-6-16-10(2)7-11/h3-8,13H,14H2,1-2H3. The van der Waals surface area contributed by atoms with E-state index in [2.05, 4.69) is 9.97 Å². The van der Waals surface area contributed by atoms with E-state index in [1.54, 1.807) is 12.4 Å². The van der Waals surface area contributed by atoms with Gasteiger partial charge in [-0.25, -0.2) is 0 Å². The van der Waals surface area contributed by atoms with Crippen LogP contribution in [0.1, 0.15) is 28.4 Å². The third-order valence-electron chi connectivity index (χ3n) is 2.69. The predicted molar refractivity (Wildman–Crippen MR) is 64.0 cm³/mol. The molecular weight excluding hydrogens is 198 g/mol. The van der Waals surface area contributed by atoms with Crippen molar-refractivity contribution in [3.63, 3.8) is 0 Å². The van der Waals surface area contributed by atoms with Crippen molar-refractivity contribution in [2.75, 3.05) is 0 Å². The second-order valence-electron chi connectivity index (χ2n) is 3.94. The zero-order chi connectivity index (χ0) is 11.5. The molecule has 2 aromatic rings. The molecule has 0 radical (unpaired) electrons. The topological polar surface area (TPSA) is 51.8 Å². The van der Waals surface area contributed by atoms with Crippen LogP contribution in [0.15, 0.2) is 36.8 Å². The first-order chi connectivity index (χ1) is 7.68. The normalized spacial score (nSPS) is 12.4. The van der Waals surface area contributed by atoms with E-state index in [-0.39, 0.29) is 6.04 Å². The van der Waals surface area contributed by atoms with Gasteiger partial charge in [0.15, 0.2) is 0 Å². The lowest BCUT2D eigenvalue weighted by atomic mass is 9.98. The first kappa shape index (κ1) is 10.8. The highest BCUT2D eigenvalue weighted by Crippen LogP contribution is 2.21. The van der Waals surface area contributed by atoms with Crippen LogP contribution < -0.4 is 5.73 Å². The molecule has 0 bridgehead atoms. The molecule has 0 aliphatic rings. The summed E-state index contributed by atoms with van der Waals surface area (Å²) >= 11 is 0. The molecule has 0 amide bonds. The van der Waals surface area contributed by atoms with Crippen LogP contribution in [0.25, 0.3) is 0 Å². The number of nitrogens with zero attached hydrogens (tertiary/aromatic N) is 2. The van der Waals surface area contributed by atoms with Gasteiger partial charge in [-0.15, -0.1) is 0 Å². The minimum Gasteiger partial charge on any atom is -0.320 e. The summed E-state index contributed by atoms with van der Waals surface area (Å²) < 4.78 is 0. The van der Waals surface area contributed by atoms with Crippen molar-refractivity contribution >= 4 is 0 Å². The summed E-state index contributed by atoms with van der Waals surface area (Å²) in [5, 5.41) is 0.